The number of benzene rings is 1. The second-order valence-corrected chi connectivity index (χ2v) is 6.80. The molecule has 0 aliphatic heterocycles. The standard InChI is InChI=1S/C21H19N7O4/c1-31-11-14(29)8-17(22)20-26-25-19-15-4-2-3-5-16(15)21(27-28(19)20)32-10-13-7-6-12(9-24-13)18(23)30/h2-9H,10-11,22H2,1H3,(H2,23,30). The number of nitrogens with two attached hydrogens (primary N) is 2. The molecule has 162 valence electrons. The van der Waals surface area contributed by atoms with Gasteiger partial charge in [-0.1, -0.05) is 18.2 Å². The van der Waals surface area contributed by atoms with Crippen LogP contribution in [0.15, 0.2) is 48.7 Å². The van der Waals surface area contributed by atoms with E-state index in [0.717, 1.165) is 5.39 Å². The topological polar surface area (TPSA) is 161 Å². The molecule has 1 aromatic carbocycles. The highest BCUT2D eigenvalue weighted by Crippen LogP contribution is 2.27. The Morgan fingerprint density at radius 1 is 1.09 bits per heavy atom. The van der Waals surface area contributed by atoms with Crippen molar-refractivity contribution in [2.45, 2.75) is 6.61 Å². The third-order valence-electron chi connectivity index (χ3n) is 4.56. The number of ether oxygens (including phenoxy) is 2. The zero-order valence-corrected chi connectivity index (χ0v) is 17.1. The van der Waals surface area contributed by atoms with Crippen LogP contribution >= 0.6 is 0 Å². The van der Waals surface area contributed by atoms with Gasteiger partial charge in [0, 0.05) is 30.2 Å². The molecule has 0 saturated heterocycles. The van der Waals surface area contributed by atoms with Gasteiger partial charge < -0.3 is 20.9 Å². The average molecular weight is 433 g/mol. The van der Waals surface area contributed by atoms with Gasteiger partial charge in [-0.2, -0.15) is 4.52 Å². The lowest BCUT2D eigenvalue weighted by molar-refractivity contribution is -0.117. The zero-order chi connectivity index (χ0) is 22.7. The predicted molar refractivity (Wildman–Crippen MR) is 114 cm³/mol. The predicted octanol–water partition coefficient (Wildman–Crippen LogP) is 0.865. The van der Waals surface area contributed by atoms with Crippen LogP contribution in [0.2, 0.25) is 0 Å². The SMILES string of the molecule is COCC(=O)C=C(N)c1nnc2c3ccccc3c(OCc3ccc(C(N)=O)cn3)nn12. The maximum atomic E-state index is 11.9. The fourth-order valence-corrected chi connectivity index (χ4v) is 3.06. The van der Waals surface area contributed by atoms with Gasteiger partial charge in [0.05, 0.1) is 17.0 Å². The van der Waals surface area contributed by atoms with E-state index in [0.29, 0.717) is 28.2 Å². The van der Waals surface area contributed by atoms with Gasteiger partial charge >= 0.3 is 0 Å². The number of methoxy groups -OCH3 is 1. The Morgan fingerprint density at radius 2 is 1.88 bits per heavy atom. The Hall–Kier alpha value is -4.38. The molecule has 0 atom stereocenters. The number of amides is 1. The second kappa shape index (κ2) is 8.78. The van der Waals surface area contributed by atoms with Crippen molar-refractivity contribution in [3.8, 4) is 5.88 Å². The van der Waals surface area contributed by atoms with E-state index in [1.54, 1.807) is 12.1 Å². The van der Waals surface area contributed by atoms with Crippen molar-refractivity contribution >= 4 is 33.8 Å². The van der Waals surface area contributed by atoms with Gasteiger partial charge in [-0.25, -0.2) is 0 Å². The van der Waals surface area contributed by atoms with Crippen molar-refractivity contribution in [3.63, 3.8) is 0 Å². The Kier molecular flexibility index (Phi) is 5.73. The van der Waals surface area contributed by atoms with Crippen LogP contribution in [0.25, 0.3) is 22.1 Å². The molecule has 0 unspecified atom stereocenters. The summed E-state index contributed by atoms with van der Waals surface area (Å²) < 4.78 is 12.2. The first-order valence-electron chi connectivity index (χ1n) is 9.49. The number of aromatic nitrogens is 5. The highest BCUT2D eigenvalue weighted by molar-refractivity contribution is 5.98. The normalized spacial score (nSPS) is 11.7. The summed E-state index contributed by atoms with van der Waals surface area (Å²) in [7, 11) is 1.42. The second-order valence-electron chi connectivity index (χ2n) is 6.80. The number of rotatable bonds is 8. The summed E-state index contributed by atoms with van der Waals surface area (Å²) in [4.78, 5) is 27.3. The molecule has 0 spiro atoms. The molecule has 11 nitrogen and oxygen atoms in total. The molecule has 4 N–H and O–H groups in total. The van der Waals surface area contributed by atoms with E-state index in [1.807, 2.05) is 24.3 Å². The molecule has 0 fully saturated rings. The monoisotopic (exact) mass is 433 g/mol. The smallest absolute Gasteiger partial charge is 0.250 e. The summed E-state index contributed by atoms with van der Waals surface area (Å²) in [6, 6.07) is 10.6. The molecule has 32 heavy (non-hydrogen) atoms. The molecule has 1 amide bonds. The van der Waals surface area contributed by atoms with Crippen LogP contribution in [0, 0.1) is 0 Å². The maximum Gasteiger partial charge on any atom is 0.250 e. The van der Waals surface area contributed by atoms with Gasteiger partial charge in [-0.05, 0) is 18.2 Å². The summed E-state index contributed by atoms with van der Waals surface area (Å²) in [5, 5.41) is 14.2. The fourth-order valence-electron chi connectivity index (χ4n) is 3.06. The first-order valence-corrected chi connectivity index (χ1v) is 9.49. The summed E-state index contributed by atoms with van der Waals surface area (Å²) >= 11 is 0. The van der Waals surface area contributed by atoms with Crippen molar-refractivity contribution < 1.29 is 19.1 Å². The average Bonchev–Trinajstić information content (AvgIpc) is 3.22. The van der Waals surface area contributed by atoms with Crippen LogP contribution in [0.1, 0.15) is 21.9 Å². The molecule has 0 radical (unpaired) electrons. The number of pyridine rings is 1. The lowest BCUT2D eigenvalue weighted by atomic mass is 10.2. The van der Waals surface area contributed by atoms with E-state index >= 15 is 0 Å². The van der Waals surface area contributed by atoms with E-state index in [4.69, 9.17) is 20.9 Å². The van der Waals surface area contributed by atoms with Crippen LogP contribution < -0.4 is 16.2 Å². The number of fused-ring (bicyclic) bond motifs is 3. The van der Waals surface area contributed by atoms with Crippen LogP contribution in [-0.2, 0) is 16.1 Å². The first kappa shape index (κ1) is 20.9. The van der Waals surface area contributed by atoms with Gasteiger partial charge in [0.1, 0.15) is 13.2 Å². The number of ketones is 1. The number of hydrogen-bond donors (Lipinski definition) is 2. The van der Waals surface area contributed by atoms with Crippen molar-refractivity contribution in [2.24, 2.45) is 11.5 Å². The minimum Gasteiger partial charge on any atom is -0.470 e. The largest absolute Gasteiger partial charge is 0.470 e. The van der Waals surface area contributed by atoms with E-state index < -0.39 is 5.91 Å². The summed E-state index contributed by atoms with van der Waals surface area (Å²) in [5.74, 6) is -0.378. The summed E-state index contributed by atoms with van der Waals surface area (Å²) in [5.41, 5.74) is 12.7. The van der Waals surface area contributed by atoms with Crippen molar-refractivity contribution in [3.05, 3.63) is 65.8 Å². The van der Waals surface area contributed by atoms with Crippen LogP contribution in [0.4, 0.5) is 0 Å². The van der Waals surface area contributed by atoms with Crippen LogP contribution in [0.3, 0.4) is 0 Å². The summed E-state index contributed by atoms with van der Waals surface area (Å²) in [6.45, 7) is -0.0135. The lowest BCUT2D eigenvalue weighted by Crippen LogP contribution is -2.12. The van der Waals surface area contributed by atoms with Crippen LogP contribution in [-0.4, -0.2) is 50.2 Å². The lowest BCUT2D eigenvalue weighted by Gasteiger charge is -2.10. The minimum absolute atomic E-state index is 0.0939. The number of primary amides is 1. The van der Waals surface area contributed by atoms with Crippen molar-refractivity contribution in [1.82, 2.24) is 24.8 Å². The highest BCUT2D eigenvalue weighted by Gasteiger charge is 2.17. The van der Waals surface area contributed by atoms with Gasteiger partial charge in [0.15, 0.2) is 11.4 Å². The van der Waals surface area contributed by atoms with Crippen molar-refractivity contribution in [1.29, 1.82) is 0 Å². The molecule has 0 aliphatic carbocycles. The fraction of sp³-hybridized carbons (Fsp3) is 0.143. The van der Waals surface area contributed by atoms with E-state index in [2.05, 4.69) is 20.3 Å². The van der Waals surface area contributed by atoms with Crippen molar-refractivity contribution in [2.75, 3.05) is 13.7 Å². The van der Waals surface area contributed by atoms with E-state index in [-0.39, 0.29) is 30.5 Å². The van der Waals surface area contributed by atoms with Gasteiger partial charge in [0.2, 0.25) is 17.6 Å². The molecular weight excluding hydrogens is 414 g/mol. The molecule has 3 aromatic heterocycles. The van der Waals surface area contributed by atoms with E-state index in [1.165, 1.54) is 23.9 Å². The Labute approximate surface area is 181 Å². The number of carbonyl (C=O) groups is 2. The van der Waals surface area contributed by atoms with Gasteiger partial charge in [0.25, 0.3) is 0 Å². The Balaban J connectivity index is 1.72. The molecule has 0 saturated carbocycles. The van der Waals surface area contributed by atoms with Gasteiger partial charge in [-0.15, -0.1) is 15.3 Å². The molecule has 11 heteroatoms. The zero-order valence-electron chi connectivity index (χ0n) is 17.1. The highest BCUT2D eigenvalue weighted by atomic mass is 16.5. The number of nitrogens with zero attached hydrogens (tertiary/aromatic N) is 5. The van der Waals surface area contributed by atoms with E-state index in [9.17, 15) is 9.59 Å². The Bertz CT molecular complexity index is 1350. The summed E-state index contributed by atoms with van der Waals surface area (Å²) in [6.07, 6.45) is 2.61. The molecule has 3 heterocycles. The number of carbonyl (C=O) groups excluding carboxylic acids is 2. The van der Waals surface area contributed by atoms with Crippen LogP contribution in [0.5, 0.6) is 5.88 Å². The third-order valence-corrected chi connectivity index (χ3v) is 4.56. The first-order chi connectivity index (χ1) is 15.5. The third kappa shape index (κ3) is 4.09. The van der Waals surface area contributed by atoms with Gasteiger partial charge in [-0.3, -0.25) is 14.6 Å². The molecule has 0 aliphatic rings. The Morgan fingerprint density at radius 3 is 2.56 bits per heavy atom. The molecule has 4 rings (SSSR count). The molecule has 4 aromatic rings. The minimum atomic E-state index is -0.558. The quantitative estimate of drug-likeness (QED) is 0.384. The molecule has 0 bridgehead atoms. The number of hydrogen-bond acceptors (Lipinski definition) is 9. The molecular formula is C21H19N7O4. The maximum absolute atomic E-state index is 11.9.